The summed E-state index contributed by atoms with van der Waals surface area (Å²) in [6, 6.07) is 1.80. The zero-order chi connectivity index (χ0) is 9.84. The summed E-state index contributed by atoms with van der Waals surface area (Å²) >= 11 is 6.56. The molecule has 0 aliphatic rings. The van der Waals surface area contributed by atoms with Gasteiger partial charge in [-0.15, -0.1) is 0 Å². The van der Waals surface area contributed by atoms with Gasteiger partial charge in [0.05, 0.1) is 0 Å². The van der Waals surface area contributed by atoms with Crippen molar-refractivity contribution in [3.05, 3.63) is 26.9 Å². The van der Waals surface area contributed by atoms with E-state index in [1.54, 1.807) is 19.2 Å². The highest BCUT2D eigenvalue weighted by Crippen LogP contribution is 2.26. The van der Waals surface area contributed by atoms with Gasteiger partial charge in [0.15, 0.2) is 0 Å². The summed E-state index contributed by atoms with van der Waals surface area (Å²) in [5.74, 6) is 0. The van der Waals surface area contributed by atoms with E-state index in [-0.39, 0.29) is 6.10 Å². The maximum atomic E-state index is 10.1. The van der Waals surface area contributed by atoms with Gasteiger partial charge in [0, 0.05) is 16.2 Å². The lowest BCUT2D eigenvalue weighted by Gasteiger charge is -2.11. The molecule has 0 saturated heterocycles. The summed E-state index contributed by atoms with van der Waals surface area (Å²) < 4.78 is 6.34. The van der Waals surface area contributed by atoms with E-state index in [1.807, 2.05) is 0 Å². The molecule has 1 rings (SSSR count). The van der Waals surface area contributed by atoms with Crippen LogP contribution in [-0.4, -0.2) is 11.5 Å². The van der Waals surface area contributed by atoms with Gasteiger partial charge in [0.2, 0.25) is 0 Å². The van der Waals surface area contributed by atoms with Crippen LogP contribution in [0.3, 0.4) is 0 Å². The molecule has 0 spiro atoms. The second kappa shape index (κ2) is 4.72. The Labute approximate surface area is 92.8 Å². The van der Waals surface area contributed by atoms with E-state index in [4.69, 9.17) is 4.74 Å². The lowest BCUT2D eigenvalue weighted by Crippen LogP contribution is -1.99. The molecule has 5 heteroatoms. The summed E-state index contributed by atoms with van der Waals surface area (Å²) in [6.07, 6.45) is 1.38. The molecule has 3 nitrogen and oxygen atoms in total. The van der Waals surface area contributed by atoms with Crippen LogP contribution in [0.25, 0.3) is 0 Å². The zero-order valence-corrected chi connectivity index (χ0v) is 10.0. The van der Waals surface area contributed by atoms with E-state index in [0.717, 1.165) is 10.0 Å². The van der Waals surface area contributed by atoms with E-state index < -0.39 is 0 Å². The highest BCUT2D eigenvalue weighted by molar-refractivity contribution is 9.11. The van der Waals surface area contributed by atoms with Crippen LogP contribution in [-0.2, 0) is 9.53 Å². The van der Waals surface area contributed by atoms with E-state index in [9.17, 15) is 4.79 Å². The van der Waals surface area contributed by atoms with Crippen LogP contribution in [0.1, 0.15) is 18.6 Å². The third-order valence-corrected chi connectivity index (χ3v) is 2.65. The Hall–Kier alpha value is -0.420. The molecule has 1 unspecified atom stereocenters. The Bertz CT molecular complexity index is 317. The molecule has 0 aromatic carbocycles. The molecule has 0 saturated carbocycles. The normalized spacial score (nSPS) is 12.2. The molecular weight excluding hydrogens is 302 g/mol. The van der Waals surface area contributed by atoms with Crippen molar-refractivity contribution in [2.24, 2.45) is 0 Å². The van der Waals surface area contributed by atoms with E-state index in [1.165, 1.54) is 0 Å². The largest absolute Gasteiger partial charge is 0.460 e. The number of rotatable bonds is 3. The number of carbonyl (C=O) groups excluding carboxylic acids is 1. The molecule has 1 heterocycles. The summed E-state index contributed by atoms with van der Waals surface area (Å²) in [7, 11) is 0. The van der Waals surface area contributed by atoms with Gasteiger partial charge in [-0.05, 0) is 44.8 Å². The minimum absolute atomic E-state index is 0.272. The van der Waals surface area contributed by atoms with Crippen molar-refractivity contribution < 1.29 is 9.53 Å². The molecule has 0 amide bonds. The predicted octanol–water partition coefficient (Wildman–Crippen LogP) is 2.84. The fourth-order valence-corrected chi connectivity index (χ4v) is 1.78. The molecule has 0 aliphatic heterocycles. The van der Waals surface area contributed by atoms with Crippen LogP contribution in [0.2, 0.25) is 0 Å². The number of hydrogen-bond acceptors (Lipinski definition) is 3. The minimum Gasteiger partial charge on any atom is -0.460 e. The first-order chi connectivity index (χ1) is 6.15. The maximum absolute atomic E-state index is 10.1. The van der Waals surface area contributed by atoms with Gasteiger partial charge in [-0.25, -0.2) is 4.98 Å². The fourth-order valence-electron chi connectivity index (χ4n) is 0.896. The van der Waals surface area contributed by atoms with Crippen molar-refractivity contribution in [2.75, 3.05) is 0 Å². The quantitative estimate of drug-likeness (QED) is 0.637. The van der Waals surface area contributed by atoms with E-state index in [0.29, 0.717) is 11.1 Å². The van der Waals surface area contributed by atoms with Crippen molar-refractivity contribution in [1.29, 1.82) is 0 Å². The van der Waals surface area contributed by atoms with Crippen molar-refractivity contribution in [3.63, 3.8) is 0 Å². The average Bonchev–Trinajstić information content (AvgIpc) is 2.09. The first kappa shape index (κ1) is 10.7. The number of ether oxygens (including phenoxy) is 1. The number of carbonyl (C=O) groups is 1. The summed E-state index contributed by atoms with van der Waals surface area (Å²) in [5.41, 5.74) is 0.883. The molecule has 0 N–H and O–H groups in total. The molecule has 70 valence electrons. The number of halogens is 2. The smallest absolute Gasteiger partial charge is 0.293 e. The second-order valence-electron chi connectivity index (χ2n) is 2.40. The number of aromatic nitrogens is 1. The molecule has 1 aromatic heterocycles. The van der Waals surface area contributed by atoms with E-state index in [2.05, 4.69) is 36.8 Å². The summed E-state index contributed by atoms with van der Waals surface area (Å²) in [5, 5.41) is 0. The highest BCUT2D eigenvalue weighted by Gasteiger charge is 2.10. The molecule has 13 heavy (non-hydrogen) atoms. The minimum atomic E-state index is -0.272. The van der Waals surface area contributed by atoms with Gasteiger partial charge in [-0.1, -0.05) is 0 Å². The molecule has 0 aliphatic carbocycles. The first-order valence-corrected chi connectivity index (χ1v) is 5.13. The maximum Gasteiger partial charge on any atom is 0.293 e. The monoisotopic (exact) mass is 307 g/mol. The topological polar surface area (TPSA) is 39.2 Å². The van der Waals surface area contributed by atoms with Gasteiger partial charge in [-0.2, -0.15) is 0 Å². The van der Waals surface area contributed by atoms with Crippen LogP contribution in [0.5, 0.6) is 0 Å². The Morgan fingerprint density at radius 2 is 2.31 bits per heavy atom. The molecular formula is C8H7Br2NO2. The first-order valence-electron chi connectivity index (χ1n) is 3.55. The van der Waals surface area contributed by atoms with Crippen LogP contribution in [0.4, 0.5) is 0 Å². The van der Waals surface area contributed by atoms with Crippen molar-refractivity contribution >= 4 is 38.3 Å². The van der Waals surface area contributed by atoms with Crippen LogP contribution < -0.4 is 0 Å². The van der Waals surface area contributed by atoms with Gasteiger partial charge >= 0.3 is 0 Å². The van der Waals surface area contributed by atoms with Crippen molar-refractivity contribution in [3.8, 4) is 0 Å². The molecule has 0 radical (unpaired) electrons. The molecule has 1 aromatic rings. The lowest BCUT2D eigenvalue weighted by atomic mass is 10.2. The Morgan fingerprint density at radius 3 is 2.92 bits per heavy atom. The summed E-state index contributed by atoms with van der Waals surface area (Å²) in [4.78, 5) is 14.1. The van der Waals surface area contributed by atoms with Crippen LogP contribution in [0.15, 0.2) is 21.3 Å². The average molecular weight is 309 g/mol. The third kappa shape index (κ3) is 2.77. The van der Waals surface area contributed by atoms with Gasteiger partial charge < -0.3 is 4.74 Å². The van der Waals surface area contributed by atoms with Gasteiger partial charge in [0.25, 0.3) is 6.47 Å². The van der Waals surface area contributed by atoms with Gasteiger partial charge in [0.1, 0.15) is 10.7 Å². The Morgan fingerprint density at radius 1 is 1.62 bits per heavy atom. The molecule has 0 bridgehead atoms. The Kier molecular flexibility index (Phi) is 3.87. The SMILES string of the molecule is CC(OC=O)c1cc(Br)ncc1Br. The van der Waals surface area contributed by atoms with E-state index >= 15 is 0 Å². The number of hydrogen-bond donors (Lipinski definition) is 0. The molecule has 1 atom stereocenters. The lowest BCUT2D eigenvalue weighted by molar-refractivity contribution is -0.133. The van der Waals surface area contributed by atoms with Crippen molar-refractivity contribution in [2.45, 2.75) is 13.0 Å². The number of pyridine rings is 1. The fraction of sp³-hybridized carbons (Fsp3) is 0.250. The molecule has 0 fully saturated rings. The van der Waals surface area contributed by atoms with Gasteiger partial charge in [-0.3, -0.25) is 4.79 Å². The predicted molar refractivity (Wildman–Crippen MR) is 55.2 cm³/mol. The second-order valence-corrected chi connectivity index (χ2v) is 4.07. The summed E-state index contributed by atoms with van der Waals surface area (Å²) in [6.45, 7) is 2.23. The zero-order valence-electron chi connectivity index (χ0n) is 6.83. The van der Waals surface area contributed by atoms with Crippen molar-refractivity contribution in [1.82, 2.24) is 4.98 Å². The van der Waals surface area contributed by atoms with Crippen LogP contribution >= 0.6 is 31.9 Å². The standard InChI is InChI=1S/C8H7Br2NO2/c1-5(13-4-12)6-2-8(10)11-3-7(6)9/h2-5H,1H3. The Balaban J connectivity index is 2.97. The number of nitrogens with zero attached hydrogens (tertiary/aromatic N) is 1. The van der Waals surface area contributed by atoms with Crippen LogP contribution in [0, 0.1) is 0 Å². The highest BCUT2D eigenvalue weighted by atomic mass is 79.9. The third-order valence-electron chi connectivity index (χ3n) is 1.55.